The third-order valence-electron chi connectivity index (χ3n) is 5.49. The van der Waals surface area contributed by atoms with Crippen molar-refractivity contribution in [2.75, 3.05) is 25.0 Å². The summed E-state index contributed by atoms with van der Waals surface area (Å²) >= 11 is 0. The van der Waals surface area contributed by atoms with Gasteiger partial charge in [0.05, 0.1) is 5.69 Å². The summed E-state index contributed by atoms with van der Waals surface area (Å²) in [5, 5.41) is 8.85. The minimum Gasteiger partial charge on any atom is -0.353 e. The maximum Gasteiger partial charge on any atom is 0.225 e. The van der Waals surface area contributed by atoms with Gasteiger partial charge in [-0.3, -0.25) is 4.79 Å². The van der Waals surface area contributed by atoms with E-state index in [9.17, 15) is 4.79 Å². The Balaban J connectivity index is 1.65. The quantitative estimate of drug-likeness (QED) is 0.855. The van der Waals surface area contributed by atoms with Crippen molar-refractivity contribution in [2.45, 2.75) is 64.3 Å². The smallest absolute Gasteiger partial charge is 0.225 e. The van der Waals surface area contributed by atoms with Crippen LogP contribution in [0.25, 0.3) is 0 Å². The summed E-state index contributed by atoms with van der Waals surface area (Å²) in [6.07, 6.45) is 5.52. The molecule has 2 fully saturated rings. The number of anilines is 1. The summed E-state index contributed by atoms with van der Waals surface area (Å²) in [6.45, 7) is 8.29. The van der Waals surface area contributed by atoms with Crippen LogP contribution in [-0.4, -0.2) is 47.2 Å². The van der Waals surface area contributed by atoms with Crippen molar-refractivity contribution < 1.29 is 4.79 Å². The summed E-state index contributed by atoms with van der Waals surface area (Å²) < 4.78 is 0. The van der Waals surface area contributed by atoms with Crippen LogP contribution in [0, 0.1) is 5.92 Å². The molecule has 1 atom stereocenters. The van der Waals surface area contributed by atoms with Crippen LogP contribution in [0.4, 0.5) is 5.82 Å². The largest absolute Gasteiger partial charge is 0.353 e. The van der Waals surface area contributed by atoms with Gasteiger partial charge in [-0.1, -0.05) is 27.2 Å². The van der Waals surface area contributed by atoms with Crippen LogP contribution in [0.1, 0.15) is 58.6 Å². The second kappa shape index (κ2) is 6.69. The molecule has 2 heterocycles. The van der Waals surface area contributed by atoms with E-state index in [1.165, 1.54) is 6.42 Å². The summed E-state index contributed by atoms with van der Waals surface area (Å²) in [6, 6.07) is 4.44. The summed E-state index contributed by atoms with van der Waals surface area (Å²) in [4.78, 5) is 16.8. The van der Waals surface area contributed by atoms with Crippen LogP contribution in [0.3, 0.4) is 0 Å². The topological polar surface area (TPSA) is 49.3 Å². The lowest BCUT2D eigenvalue weighted by atomic mass is 9.84. The van der Waals surface area contributed by atoms with Gasteiger partial charge < -0.3 is 9.80 Å². The molecule has 0 spiro atoms. The normalized spacial score (nSPS) is 22.2. The van der Waals surface area contributed by atoms with Gasteiger partial charge in [0.2, 0.25) is 5.91 Å². The van der Waals surface area contributed by atoms with Crippen LogP contribution in [-0.2, 0) is 10.2 Å². The van der Waals surface area contributed by atoms with Crippen molar-refractivity contribution >= 4 is 11.7 Å². The Kier molecular flexibility index (Phi) is 4.79. The Morgan fingerprint density at radius 3 is 2.46 bits per heavy atom. The maximum absolute atomic E-state index is 12.5. The fraction of sp³-hybridized carbons (Fsp3) is 0.737. The van der Waals surface area contributed by atoms with Crippen molar-refractivity contribution in [1.82, 2.24) is 15.1 Å². The molecule has 1 unspecified atom stereocenters. The van der Waals surface area contributed by atoms with Crippen LogP contribution < -0.4 is 4.90 Å². The second-order valence-corrected chi connectivity index (χ2v) is 8.35. The molecule has 1 aliphatic heterocycles. The van der Waals surface area contributed by atoms with E-state index in [1.54, 1.807) is 0 Å². The summed E-state index contributed by atoms with van der Waals surface area (Å²) in [7, 11) is 1.98. The predicted octanol–water partition coefficient (Wildman–Crippen LogP) is 3.00. The molecule has 1 amide bonds. The predicted molar refractivity (Wildman–Crippen MR) is 96.1 cm³/mol. The van der Waals surface area contributed by atoms with E-state index in [2.05, 4.69) is 48.0 Å². The molecule has 0 bridgehead atoms. The van der Waals surface area contributed by atoms with E-state index in [0.717, 1.165) is 50.3 Å². The highest BCUT2D eigenvalue weighted by molar-refractivity contribution is 5.79. The second-order valence-electron chi connectivity index (χ2n) is 8.35. The average Bonchev–Trinajstić information content (AvgIpc) is 2.52. The molecule has 3 rings (SSSR count). The molecule has 1 aromatic heterocycles. The molecule has 5 nitrogen and oxygen atoms in total. The zero-order valence-corrected chi connectivity index (χ0v) is 15.5. The van der Waals surface area contributed by atoms with E-state index in [1.807, 2.05) is 11.9 Å². The van der Waals surface area contributed by atoms with Crippen LogP contribution in [0.2, 0.25) is 0 Å². The minimum absolute atomic E-state index is 0.0192. The van der Waals surface area contributed by atoms with E-state index in [4.69, 9.17) is 0 Å². The molecule has 0 N–H and O–H groups in total. The minimum atomic E-state index is 0.0192. The van der Waals surface area contributed by atoms with Crippen molar-refractivity contribution in [2.24, 2.45) is 5.92 Å². The Labute approximate surface area is 145 Å². The van der Waals surface area contributed by atoms with Crippen molar-refractivity contribution in [3.05, 3.63) is 17.8 Å². The summed E-state index contributed by atoms with van der Waals surface area (Å²) in [5.74, 6) is 1.54. The highest BCUT2D eigenvalue weighted by atomic mass is 16.2. The zero-order chi connectivity index (χ0) is 17.3. The number of carbonyl (C=O) groups excluding carboxylic acids is 1. The van der Waals surface area contributed by atoms with Crippen molar-refractivity contribution in [3.63, 3.8) is 0 Å². The van der Waals surface area contributed by atoms with Gasteiger partial charge in [-0.15, -0.1) is 5.10 Å². The molecule has 1 aliphatic carbocycles. The third kappa shape index (κ3) is 3.55. The van der Waals surface area contributed by atoms with Gasteiger partial charge >= 0.3 is 0 Å². The fourth-order valence-electron chi connectivity index (χ4n) is 3.50. The maximum atomic E-state index is 12.5. The number of piperidine rings is 1. The number of nitrogens with zero attached hydrogens (tertiary/aromatic N) is 4. The Hall–Kier alpha value is -1.65. The first-order valence-electron chi connectivity index (χ1n) is 9.22. The Bertz CT molecular complexity index is 574. The van der Waals surface area contributed by atoms with E-state index in [-0.39, 0.29) is 17.4 Å². The standard InChI is InChI=1S/C19H30N4O/c1-19(2,3)16-10-11-17(21-20-16)23-12-6-9-15(13-23)22(4)18(24)14-7-5-8-14/h10-11,14-15H,5-9,12-13H2,1-4H3. The lowest BCUT2D eigenvalue weighted by Crippen LogP contribution is -2.51. The Morgan fingerprint density at radius 2 is 1.92 bits per heavy atom. The van der Waals surface area contributed by atoms with Crippen LogP contribution in [0.5, 0.6) is 0 Å². The van der Waals surface area contributed by atoms with Crippen LogP contribution >= 0.6 is 0 Å². The molecule has 0 aromatic carbocycles. The molecule has 0 radical (unpaired) electrons. The molecule has 132 valence electrons. The van der Waals surface area contributed by atoms with E-state index < -0.39 is 0 Å². The first-order valence-corrected chi connectivity index (χ1v) is 9.22. The number of aromatic nitrogens is 2. The van der Waals surface area contributed by atoms with E-state index in [0.29, 0.717) is 5.91 Å². The molecular weight excluding hydrogens is 300 g/mol. The number of likely N-dealkylation sites (N-methyl/N-ethyl adjacent to an activating group) is 1. The lowest BCUT2D eigenvalue weighted by molar-refractivity contribution is -0.139. The number of rotatable bonds is 3. The number of amides is 1. The highest BCUT2D eigenvalue weighted by Gasteiger charge is 2.33. The van der Waals surface area contributed by atoms with Gasteiger partial charge in [0, 0.05) is 37.5 Å². The first kappa shape index (κ1) is 17.2. The third-order valence-corrected chi connectivity index (χ3v) is 5.49. The summed E-state index contributed by atoms with van der Waals surface area (Å²) in [5.41, 5.74) is 1.03. The number of carbonyl (C=O) groups is 1. The SMILES string of the molecule is CN(C(=O)C1CCC1)C1CCCN(c2ccc(C(C)(C)C)nn2)C1. The van der Waals surface area contributed by atoms with Gasteiger partial charge in [-0.05, 0) is 37.8 Å². The lowest BCUT2D eigenvalue weighted by Gasteiger charge is -2.40. The van der Waals surface area contributed by atoms with Gasteiger partial charge in [-0.25, -0.2) is 0 Å². The Morgan fingerprint density at radius 1 is 1.17 bits per heavy atom. The van der Waals surface area contributed by atoms with Crippen molar-refractivity contribution in [3.8, 4) is 0 Å². The van der Waals surface area contributed by atoms with E-state index >= 15 is 0 Å². The molecule has 1 saturated heterocycles. The zero-order valence-electron chi connectivity index (χ0n) is 15.5. The van der Waals surface area contributed by atoms with Gasteiger partial charge in [0.15, 0.2) is 5.82 Å². The molecule has 24 heavy (non-hydrogen) atoms. The van der Waals surface area contributed by atoms with Crippen molar-refractivity contribution in [1.29, 1.82) is 0 Å². The van der Waals surface area contributed by atoms with Crippen LogP contribution in [0.15, 0.2) is 12.1 Å². The molecule has 1 aromatic rings. The number of hydrogen-bond acceptors (Lipinski definition) is 4. The van der Waals surface area contributed by atoms with Gasteiger partial charge in [-0.2, -0.15) is 5.10 Å². The van der Waals surface area contributed by atoms with Gasteiger partial charge in [0.25, 0.3) is 0 Å². The first-order chi connectivity index (χ1) is 11.4. The molecular formula is C19H30N4O. The highest BCUT2D eigenvalue weighted by Crippen LogP contribution is 2.30. The average molecular weight is 330 g/mol. The molecule has 5 heteroatoms. The van der Waals surface area contributed by atoms with Gasteiger partial charge in [0.1, 0.15) is 0 Å². The molecule has 1 saturated carbocycles. The number of hydrogen-bond donors (Lipinski definition) is 0. The molecule has 2 aliphatic rings. The monoisotopic (exact) mass is 330 g/mol. The fourth-order valence-corrected chi connectivity index (χ4v) is 3.50.